The van der Waals surface area contributed by atoms with E-state index in [-0.39, 0.29) is 23.5 Å². The summed E-state index contributed by atoms with van der Waals surface area (Å²) in [7, 11) is 1.82. The maximum Gasteiger partial charge on any atom is 0.289 e. The Labute approximate surface area is 162 Å². The van der Waals surface area contributed by atoms with Gasteiger partial charge in [0.25, 0.3) is 5.91 Å². The summed E-state index contributed by atoms with van der Waals surface area (Å²) in [6, 6.07) is 10.6. The number of rotatable bonds is 5. The van der Waals surface area contributed by atoms with Crippen LogP contribution in [0.4, 0.5) is 0 Å². The zero-order chi connectivity index (χ0) is 19.4. The van der Waals surface area contributed by atoms with Crippen molar-refractivity contribution >= 4 is 11.7 Å². The lowest BCUT2D eigenvalue weighted by Crippen LogP contribution is -2.50. The van der Waals surface area contributed by atoms with Gasteiger partial charge in [0.15, 0.2) is 11.5 Å². The lowest BCUT2D eigenvalue weighted by atomic mass is 9.98. The summed E-state index contributed by atoms with van der Waals surface area (Å²) in [6.45, 7) is 6.61. The molecule has 0 N–H and O–H groups in total. The molecule has 0 saturated carbocycles. The van der Waals surface area contributed by atoms with Crippen molar-refractivity contribution in [3.05, 3.63) is 47.7 Å². The largest absolute Gasteiger partial charge is 0.481 e. The molecule has 1 saturated heterocycles. The van der Waals surface area contributed by atoms with Gasteiger partial charge in [-0.05, 0) is 45.2 Å². The average molecular weight is 370 g/mol. The third-order valence-electron chi connectivity index (χ3n) is 5.40. The molecule has 1 aromatic carbocycles. The minimum Gasteiger partial charge on any atom is -0.481 e. The van der Waals surface area contributed by atoms with Crippen LogP contribution in [0.15, 0.2) is 42.2 Å². The predicted molar refractivity (Wildman–Crippen MR) is 105 cm³/mol. The first kappa shape index (κ1) is 19.6. The maximum atomic E-state index is 12.9. The fourth-order valence-corrected chi connectivity index (χ4v) is 3.91. The molecule has 0 spiro atoms. The maximum absolute atomic E-state index is 12.9. The van der Waals surface area contributed by atoms with Gasteiger partial charge in [-0.15, -0.1) is 0 Å². The van der Waals surface area contributed by atoms with Crippen LogP contribution in [0.3, 0.4) is 0 Å². The summed E-state index contributed by atoms with van der Waals surface area (Å²) in [4.78, 5) is 29.0. The molecular formula is C22H30N2O3. The van der Waals surface area contributed by atoms with Crippen molar-refractivity contribution in [3.8, 4) is 0 Å². The van der Waals surface area contributed by atoms with E-state index in [4.69, 9.17) is 4.74 Å². The summed E-state index contributed by atoms with van der Waals surface area (Å²) in [5.74, 6) is -0.0534. The Kier molecular flexibility index (Phi) is 6.00. The van der Waals surface area contributed by atoms with Crippen LogP contribution in [0.2, 0.25) is 0 Å². The number of ether oxygens (including phenoxy) is 1. The van der Waals surface area contributed by atoms with Crippen LogP contribution in [0.5, 0.6) is 0 Å². The first-order chi connectivity index (χ1) is 12.8. The lowest BCUT2D eigenvalue weighted by molar-refractivity contribution is -0.139. The molecule has 2 aliphatic rings. The van der Waals surface area contributed by atoms with Crippen molar-refractivity contribution in [2.24, 2.45) is 0 Å². The van der Waals surface area contributed by atoms with Crippen LogP contribution < -0.4 is 0 Å². The summed E-state index contributed by atoms with van der Waals surface area (Å²) in [5.41, 5.74) is 0.719. The molecule has 0 unspecified atom stereocenters. The van der Waals surface area contributed by atoms with Gasteiger partial charge in [0.2, 0.25) is 0 Å². The Balaban J connectivity index is 1.58. The van der Waals surface area contributed by atoms with E-state index >= 15 is 0 Å². The second-order valence-corrected chi connectivity index (χ2v) is 8.26. The van der Waals surface area contributed by atoms with Gasteiger partial charge in [0.05, 0.1) is 0 Å². The standard InChI is InChI=1S/C22H30N2O3/c1-22(2)15-19(25)14-20(27-22)21(26)23(3)18-10-7-12-24(16-18)13-11-17-8-5-4-6-9-17/h4-6,8-9,14,18H,7,10-13,15-16H2,1-3H3/t18-/m0/s1. The number of carbonyl (C=O) groups excluding carboxylic acids is 2. The van der Waals surface area contributed by atoms with E-state index in [9.17, 15) is 9.59 Å². The number of likely N-dealkylation sites (N-methyl/N-ethyl adjacent to an activating group) is 1. The number of likely N-dealkylation sites (tertiary alicyclic amines) is 1. The molecule has 146 valence electrons. The Morgan fingerprint density at radius 3 is 2.74 bits per heavy atom. The van der Waals surface area contributed by atoms with Crippen LogP contribution in [-0.2, 0) is 20.7 Å². The Morgan fingerprint density at radius 2 is 2.04 bits per heavy atom. The van der Waals surface area contributed by atoms with Crippen LogP contribution in [0.25, 0.3) is 0 Å². The molecule has 27 heavy (non-hydrogen) atoms. The fraction of sp³-hybridized carbons (Fsp3) is 0.545. The van der Waals surface area contributed by atoms with Gasteiger partial charge in [-0.3, -0.25) is 9.59 Å². The normalized spacial score (nSPS) is 22.7. The topological polar surface area (TPSA) is 49.9 Å². The lowest BCUT2D eigenvalue weighted by Gasteiger charge is -2.39. The second-order valence-electron chi connectivity index (χ2n) is 8.26. The van der Waals surface area contributed by atoms with Gasteiger partial charge >= 0.3 is 0 Å². The second kappa shape index (κ2) is 8.26. The van der Waals surface area contributed by atoms with Gasteiger partial charge in [-0.2, -0.15) is 0 Å². The highest BCUT2D eigenvalue weighted by molar-refractivity contribution is 6.01. The van der Waals surface area contributed by atoms with Crippen molar-refractivity contribution < 1.29 is 14.3 Å². The van der Waals surface area contributed by atoms with Crippen LogP contribution in [-0.4, -0.2) is 59.8 Å². The van der Waals surface area contributed by atoms with Gasteiger partial charge in [-0.1, -0.05) is 30.3 Å². The summed E-state index contributed by atoms with van der Waals surface area (Å²) < 4.78 is 5.79. The molecule has 1 fully saturated rings. The minimum absolute atomic E-state index is 0.0452. The smallest absolute Gasteiger partial charge is 0.289 e. The molecule has 2 aliphatic heterocycles. The van der Waals surface area contributed by atoms with E-state index in [1.54, 1.807) is 4.90 Å². The number of allylic oxidation sites excluding steroid dienone is 1. The summed E-state index contributed by atoms with van der Waals surface area (Å²) in [5, 5.41) is 0. The van der Waals surface area contributed by atoms with E-state index in [1.165, 1.54) is 11.6 Å². The number of hydrogen-bond acceptors (Lipinski definition) is 4. The molecule has 1 atom stereocenters. The van der Waals surface area contributed by atoms with Crippen molar-refractivity contribution in [1.29, 1.82) is 0 Å². The number of carbonyl (C=O) groups is 2. The van der Waals surface area contributed by atoms with Gasteiger partial charge in [-0.25, -0.2) is 0 Å². The van der Waals surface area contributed by atoms with E-state index in [0.717, 1.165) is 38.9 Å². The SMILES string of the molecule is CN(C(=O)C1=CC(=O)CC(C)(C)O1)[C@H]1CCCN(CCc2ccccc2)C1. The molecule has 1 aromatic rings. The molecule has 0 bridgehead atoms. The minimum atomic E-state index is -0.619. The van der Waals surface area contributed by atoms with E-state index < -0.39 is 5.60 Å². The number of ketones is 1. The molecule has 2 heterocycles. The van der Waals surface area contributed by atoms with Crippen LogP contribution in [0.1, 0.15) is 38.7 Å². The molecule has 0 aromatic heterocycles. The third-order valence-corrected chi connectivity index (χ3v) is 5.40. The van der Waals surface area contributed by atoms with Gasteiger partial charge < -0.3 is 14.5 Å². The average Bonchev–Trinajstić information content (AvgIpc) is 2.64. The number of nitrogens with zero attached hydrogens (tertiary/aromatic N) is 2. The molecule has 5 heteroatoms. The van der Waals surface area contributed by atoms with Crippen LogP contribution in [0, 0.1) is 0 Å². The highest BCUT2D eigenvalue weighted by Gasteiger charge is 2.35. The van der Waals surface area contributed by atoms with Crippen LogP contribution >= 0.6 is 0 Å². The number of piperidine rings is 1. The summed E-state index contributed by atoms with van der Waals surface area (Å²) >= 11 is 0. The first-order valence-corrected chi connectivity index (χ1v) is 9.81. The summed E-state index contributed by atoms with van der Waals surface area (Å²) in [6.07, 6.45) is 4.74. The quantitative estimate of drug-likeness (QED) is 0.800. The predicted octanol–water partition coefficient (Wildman–Crippen LogP) is 2.80. The number of amides is 1. The number of benzene rings is 1. The number of hydrogen-bond donors (Lipinski definition) is 0. The molecule has 1 amide bonds. The monoisotopic (exact) mass is 370 g/mol. The van der Waals surface area contributed by atoms with Crippen molar-refractivity contribution in [2.75, 3.05) is 26.7 Å². The van der Waals surface area contributed by atoms with Crippen molar-refractivity contribution in [1.82, 2.24) is 9.80 Å². The molecular weight excluding hydrogens is 340 g/mol. The Hall–Kier alpha value is -2.14. The molecule has 0 radical (unpaired) electrons. The molecule has 3 rings (SSSR count). The van der Waals surface area contributed by atoms with Gasteiger partial charge in [0, 0.05) is 38.7 Å². The Bertz CT molecular complexity index is 712. The third kappa shape index (κ3) is 5.19. The van der Waals surface area contributed by atoms with Crippen molar-refractivity contribution in [2.45, 2.75) is 51.2 Å². The Morgan fingerprint density at radius 1 is 1.30 bits per heavy atom. The highest BCUT2D eigenvalue weighted by Crippen LogP contribution is 2.26. The van der Waals surface area contributed by atoms with E-state index in [0.29, 0.717) is 6.42 Å². The zero-order valence-electron chi connectivity index (χ0n) is 16.6. The molecule has 0 aliphatic carbocycles. The molecule has 5 nitrogen and oxygen atoms in total. The fourth-order valence-electron chi connectivity index (χ4n) is 3.91. The highest BCUT2D eigenvalue weighted by atomic mass is 16.5. The van der Waals surface area contributed by atoms with E-state index in [1.807, 2.05) is 27.0 Å². The van der Waals surface area contributed by atoms with Gasteiger partial charge in [0.1, 0.15) is 5.60 Å². The van der Waals surface area contributed by atoms with Crippen molar-refractivity contribution in [3.63, 3.8) is 0 Å². The zero-order valence-corrected chi connectivity index (χ0v) is 16.6. The van der Waals surface area contributed by atoms with E-state index in [2.05, 4.69) is 29.2 Å². The first-order valence-electron chi connectivity index (χ1n) is 9.81.